The Hall–Kier alpha value is -1.95. The number of ether oxygens (including phenoxy) is 1. The summed E-state index contributed by atoms with van der Waals surface area (Å²) in [6.07, 6.45) is 3.25. The number of rotatable bonds is 9. The van der Waals surface area contributed by atoms with Crippen molar-refractivity contribution in [3.8, 4) is 0 Å². The number of nitrogens with zero attached hydrogens (tertiary/aromatic N) is 5. The Labute approximate surface area is 172 Å². The van der Waals surface area contributed by atoms with Crippen LogP contribution < -0.4 is 11.2 Å². The Balaban J connectivity index is 1.81. The molecule has 0 aromatic carbocycles. The van der Waals surface area contributed by atoms with Crippen molar-refractivity contribution >= 4 is 11.8 Å². The Kier molecular flexibility index (Phi) is 7.28. The zero-order valence-electron chi connectivity index (χ0n) is 16.6. The van der Waals surface area contributed by atoms with Crippen LogP contribution in [0.1, 0.15) is 30.6 Å². The van der Waals surface area contributed by atoms with Gasteiger partial charge in [-0.25, -0.2) is 9.48 Å². The number of aliphatic hydroxyl groups is 2. The van der Waals surface area contributed by atoms with Gasteiger partial charge in [0.2, 0.25) is 0 Å². The Morgan fingerprint density at radius 3 is 2.79 bits per heavy atom. The molecule has 2 aromatic heterocycles. The molecule has 3 heterocycles. The van der Waals surface area contributed by atoms with E-state index >= 15 is 0 Å². The lowest BCUT2D eigenvalue weighted by Gasteiger charge is -2.21. The summed E-state index contributed by atoms with van der Waals surface area (Å²) in [5.41, 5.74) is -0.0170. The van der Waals surface area contributed by atoms with Crippen LogP contribution in [0.4, 0.5) is 0 Å². The predicted octanol–water partition coefficient (Wildman–Crippen LogP) is -0.605. The smallest absolute Gasteiger partial charge is 0.331 e. The lowest BCUT2D eigenvalue weighted by molar-refractivity contribution is 0.105. The minimum atomic E-state index is -0.864. The molecule has 10 nitrogen and oxygen atoms in total. The summed E-state index contributed by atoms with van der Waals surface area (Å²) in [4.78, 5) is 25.6. The van der Waals surface area contributed by atoms with Crippen molar-refractivity contribution in [3.63, 3.8) is 0 Å². The average Bonchev–Trinajstić information content (AvgIpc) is 3.31. The average molecular weight is 426 g/mol. The fourth-order valence-corrected chi connectivity index (χ4v) is 4.58. The summed E-state index contributed by atoms with van der Waals surface area (Å²) in [5, 5.41) is 27.5. The number of thioether (sulfide) groups is 1. The molecule has 1 aliphatic heterocycles. The molecule has 0 radical (unpaired) electrons. The zero-order valence-corrected chi connectivity index (χ0v) is 17.4. The molecule has 2 aromatic rings. The van der Waals surface area contributed by atoms with Crippen LogP contribution in [0.25, 0.3) is 0 Å². The molecule has 3 rings (SSSR count). The van der Waals surface area contributed by atoms with Crippen LogP contribution in [-0.4, -0.2) is 71.3 Å². The molecular formula is C18H27N5O5S. The lowest BCUT2D eigenvalue weighted by atomic mass is 10.1. The van der Waals surface area contributed by atoms with Crippen LogP contribution >= 0.6 is 11.8 Å². The second kappa shape index (κ2) is 9.70. The van der Waals surface area contributed by atoms with Crippen LogP contribution in [0.5, 0.6) is 0 Å². The first-order valence-electron chi connectivity index (χ1n) is 9.66. The van der Waals surface area contributed by atoms with E-state index < -0.39 is 23.4 Å². The largest absolute Gasteiger partial charge is 0.395 e. The molecule has 1 fully saturated rings. The number of hydrogen-bond donors (Lipinski definition) is 2. The van der Waals surface area contributed by atoms with E-state index in [0.717, 1.165) is 11.0 Å². The summed E-state index contributed by atoms with van der Waals surface area (Å²) >= 11 is 1.41. The second-order valence-corrected chi connectivity index (χ2v) is 8.36. The van der Waals surface area contributed by atoms with Gasteiger partial charge in [0, 0.05) is 24.1 Å². The molecule has 0 aliphatic carbocycles. The predicted molar refractivity (Wildman–Crippen MR) is 108 cm³/mol. The van der Waals surface area contributed by atoms with Gasteiger partial charge in [0.1, 0.15) is 5.69 Å². The van der Waals surface area contributed by atoms with E-state index in [-0.39, 0.29) is 18.4 Å². The third-order valence-corrected chi connectivity index (χ3v) is 6.27. The van der Waals surface area contributed by atoms with E-state index in [1.54, 1.807) is 17.8 Å². The van der Waals surface area contributed by atoms with E-state index in [2.05, 4.69) is 10.3 Å². The maximum Gasteiger partial charge on any atom is 0.331 e. The van der Waals surface area contributed by atoms with Crippen molar-refractivity contribution in [3.05, 3.63) is 44.5 Å². The molecule has 1 saturated heterocycles. The van der Waals surface area contributed by atoms with Gasteiger partial charge in [-0.05, 0) is 13.3 Å². The van der Waals surface area contributed by atoms with Crippen molar-refractivity contribution < 1.29 is 14.9 Å². The van der Waals surface area contributed by atoms with Crippen LogP contribution in [0.15, 0.2) is 22.0 Å². The van der Waals surface area contributed by atoms with Crippen molar-refractivity contribution in [1.82, 2.24) is 24.1 Å². The number of aliphatic hydroxyl groups excluding tert-OH is 2. The first-order chi connectivity index (χ1) is 14.0. The quantitative estimate of drug-likeness (QED) is 0.510. The molecule has 11 heteroatoms. The summed E-state index contributed by atoms with van der Waals surface area (Å²) in [5.74, 6) is 0.484. The summed E-state index contributed by atoms with van der Waals surface area (Å²) < 4.78 is 9.55. The van der Waals surface area contributed by atoms with Crippen molar-refractivity contribution in [1.29, 1.82) is 0 Å². The maximum absolute atomic E-state index is 13.0. The van der Waals surface area contributed by atoms with Gasteiger partial charge in [-0.15, -0.1) is 5.10 Å². The highest BCUT2D eigenvalue weighted by atomic mass is 32.2. The van der Waals surface area contributed by atoms with E-state index in [4.69, 9.17) is 4.74 Å². The monoisotopic (exact) mass is 425 g/mol. The molecular weight excluding hydrogens is 398 g/mol. The van der Waals surface area contributed by atoms with Gasteiger partial charge < -0.3 is 14.9 Å². The van der Waals surface area contributed by atoms with Gasteiger partial charge in [-0.1, -0.05) is 12.1 Å². The van der Waals surface area contributed by atoms with E-state index in [9.17, 15) is 19.8 Å². The van der Waals surface area contributed by atoms with Crippen molar-refractivity contribution in [2.75, 3.05) is 25.6 Å². The molecule has 3 atom stereocenters. The third kappa shape index (κ3) is 4.80. The molecule has 2 N–H and O–H groups in total. The lowest BCUT2D eigenvalue weighted by Crippen LogP contribution is -2.45. The van der Waals surface area contributed by atoms with Gasteiger partial charge in [0.05, 0.1) is 49.9 Å². The van der Waals surface area contributed by atoms with Gasteiger partial charge in [0.15, 0.2) is 0 Å². The second-order valence-electron chi connectivity index (χ2n) is 7.09. The molecule has 0 bridgehead atoms. The molecule has 0 amide bonds. The van der Waals surface area contributed by atoms with Gasteiger partial charge in [0.25, 0.3) is 5.56 Å². The molecule has 3 unspecified atom stereocenters. The fraction of sp³-hybridized carbons (Fsp3) is 0.667. The Morgan fingerprint density at radius 1 is 1.31 bits per heavy atom. The highest BCUT2D eigenvalue weighted by Gasteiger charge is 2.37. The summed E-state index contributed by atoms with van der Waals surface area (Å²) in [6.45, 7) is 5.23. The molecule has 0 spiro atoms. The first kappa shape index (κ1) is 21.8. The number of aromatic nitrogens is 5. The highest BCUT2D eigenvalue weighted by Crippen LogP contribution is 2.33. The molecule has 1 aliphatic rings. The van der Waals surface area contributed by atoms with Crippen molar-refractivity contribution in [2.45, 2.75) is 50.8 Å². The Bertz CT molecular complexity index is 939. The summed E-state index contributed by atoms with van der Waals surface area (Å²) in [6, 6.07) is -0.499. The van der Waals surface area contributed by atoms with E-state index in [1.165, 1.54) is 22.5 Å². The van der Waals surface area contributed by atoms with E-state index in [1.807, 2.05) is 6.92 Å². The van der Waals surface area contributed by atoms with Crippen LogP contribution in [0, 0.1) is 6.92 Å². The molecule has 0 saturated carbocycles. The van der Waals surface area contributed by atoms with Crippen LogP contribution in [-0.2, 0) is 17.8 Å². The normalized spacial score (nSPS) is 21.7. The topological polar surface area (TPSA) is 124 Å². The number of aryl methyl sites for hydroxylation is 1. The fourth-order valence-electron chi connectivity index (χ4n) is 3.29. The third-order valence-electron chi connectivity index (χ3n) is 4.88. The molecule has 160 valence electrons. The SMILES string of the molecule is CCCOCCn1cc(Cn2c(=O)c(C)cn(C3CSC(CO)C3O)c2=O)nn1. The number of hydrogen-bond acceptors (Lipinski definition) is 8. The maximum atomic E-state index is 13.0. The summed E-state index contributed by atoms with van der Waals surface area (Å²) in [7, 11) is 0. The first-order valence-corrected chi connectivity index (χ1v) is 10.7. The van der Waals surface area contributed by atoms with Crippen LogP contribution in [0.3, 0.4) is 0 Å². The van der Waals surface area contributed by atoms with Crippen molar-refractivity contribution in [2.24, 2.45) is 0 Å². The minimum absolute atomic E-state index is 0.00541. The van der Waals surface area contributed by atoms with Gasteiger partial charge in [-0.3, -0.25) is 13.9 Å². The highest BCUT2D eigenvalue weighted by molar-refractivity contribution is 8.00. The zero-order chi connectivity index (χ0) is 21.0. The standard InChI is InChI=1S/C18H27N5O5S/c1-3-5-28-6-4-21-8-13(19-20-21)9-23-17(26)12(2)7-22(18(23)27)14-11-29-15(10-24)16(14)25/h7-8,14-16,24-25H,3-6,9-11H2,1-2H3. The van der Waals surface area contributed by atoms with Gasteiger partial charge in [-0.2, -0.15) is 11.8 Å². The van der Waals surface area contributed by atoms with Gasteiger partial charge >= 0.3 is 5.69 Å². The van der Waals surface area contributed by atoms with Crippen LogP contribution in [0.2, 0.25) is 0 Å². The van der Waals surface area contributed by atoms with E-state index in [0.29, 0.717) is 36.8 Å². The Morgan fingerprint density at radius 2 is 2.10 bits per heavy atom. The molecule has 29 heavy (non-hydrogen) atoms. The minimum Gasteiger partial charge on any atom is -0.395 e.